The first-order valence-electron chi connectivity index (χ1n) is 13.7. The molecule has 3 aromatic rings. The van der Waals surface area contributed by atoms with Gasteiger partial charge in [0.2, 0.25) is 5.91 Å². The van der Waals surface area contributed by atoms with Gasteiger partial charge in [-0.1, -0.05) is 23.7 Å². The lowest BCUT2D eigenvalue weighted by molar-refractivity contribution is -0.121. The fourth-order valence-corrected chi connectivity index (χ4v) is 5.75. The van der Waals surface area contributed by atoms with Crippen molar-refractivity contribution < 1.29 is 27.9 Å². The van der Waals surface area contributed by atoms with Crippen LogP contribution in [0.15, 0.2) is 42.5 Å². The van der Waals surface area contributed by atoms with E-state index in [9.17, 15) is 28.4 Å². The van der Waals surface area contributed by atoms with E-state index in [1.165, 1.54) is 24.3 Å². The average molecular weight is 611 g/mol. The molecule has 224 valence electrons. The number of rotatable bonds is 8. The number of halogens is 3. The van der Waals surface area contributed by atoms with Crippen LogP contribution in [-0.4, -0.2) is 63.0 Å². The predicted molar refractivity (Wildman–Crippen MR) is 151 cm³/mol. The number of carbonyl (C=O) groups excluding carboxylic acids is 3. The molecule has 2 atom stereocenters. The van der Waals surface area contributed by atoms with Gasteiger partial charge in [0.05, 0.1) is 35.4 Å². The normalized spacial score (nSPS) is 17.7. The monoisotopic (exact) mass is 610 g/mol. The highest BCUT2D eigenvalue weighted by Crippen LogP contribution is 2.33. The van der Waals surface area contributed by atoms with Crippen molar-refractivity contribution in [1.82, 2.24) is 24.9 Å². The number of carbonyl (C=O) groups is 3. The fraction of sp³-hybridized carbons (Fsp3) is 0.367. The van der Waals surface area contributed by atoms with Crippen LogP contribution in [0.4, 0.5) is 8.78 Å². The third-order valence-electron chi connectivity index (χ3n) is 7.85. The van der Waals surface area contributed by atoms with Crippen molar-refractivity contribution in [2.75, 3.05) is 7.05 Å². The molecule has 0 fully saturated rings. The number of amides is 3. The first-order valence-corrected chi connectivity index (χ1v) is 14.1. The van der Waals surface area contributed by atoms with Crippen LogP contribution in [0.3, 0.4) is 0 Å². The van der Waals surface area contributed by atoms with E-state index in [1.807, 2.05) is 13.0 Å². The molecule has 2 aliphatic rings. The highest BCUT2D eigenvalue weighted by Gasteiger charge is 2.40. The zero-order chi connectivity index (χ0) is 30.8. The van der Waals surface area contributed by atoms with Crippen molar-refractivity contribution in [1.29, 1.82) is 5.26 Å². The van der Waals surface area contributed by atoms with Gasteiger partial charge in [0.15, 0.2) is 0 Å². The Morgan fingerprint density at radius 1 is 1.23 bits per heavy atom. The van der Waals surface area contributed by atoms with E-state index in [1.54, 1.807) is 39.7 Å². The Hall–Kier alpha value is -4.50. The molecule has 0 unspecified atom stereocenters. The molecule has 3 amide bonds. The van der Waals surface area contributed by atoms with Crippen LogP contribution in [0.5, 0.6) is 5.75 Å². The Balaban J connectivity index is 1.44. The molecule has 0 radical (unpaired) electrons. The molecule has 1 N–H and O–H groups in total. The Morgan fingerprint density at radius 2 is 1.98 bits per heavy atom. The Bertz CT molecular complexity index is 1600. The van der Waals surface area contributed by atoms with Crippen LogP contribution in [0.1, 0.15) is 63.0 Å². The highest BCUT2D eigenvalue weighted by molar-refractivity contribution is 6.31. The van der Waals surface area contributed by atoms with Gasteiger partial charge in [-0.15, -0.1) is 0 Å². The number of nitrogens with one attached hydrogen (secondary N) is 1. The summed E-state index contributed by atoms with van der Waals surface area (Å²) in [6, 6.07) is 12.0. The summed E-state index contributed by atoms with van der Waals surface area (Å²) in [6.07, 6.45) is 1.02. The minimum Gasteiger partial charge on any atom is -0.435 e. The molecule has 0 saturated heterocycles. The van der Waals surface area contributed by atoms with Crippen LogP contribution < -0.4 is 10.1 Å². The van der Waals surface area contributed by atoms with Crippen molar-refractivity contribution in [3.05, 3.63) is 81.1 Å². The summed E-state index contributed by atoms with van der Waals surface area (Å²) in [4.78, 5) is 43.1. The maximum absolute atomic E-state index is 14.1. The number of hydrogen-bond acceptors (Lipinski definition) is 6. The van der Waals surface area contributed by atoms with Crippen molar-refractivity contribution in [3.8, 4) is 11.8 Å². The molecule has 0 aliphatic carbocycles. The lowest BCUT2D eigenvalue weighted by Gasteiger charge is -2.37. The molecule has 2 aliphatic heterocycles. The summed E-state index contributed by atoms with van der Waals surface area (Å²) in [5, 5.41) is 17.0. The molecule has 3 heterocycles. The third-order valence-corrected chi connectivity index (χ3v) is 8.18. The van der Waals surface area contributed by atoms with Crippen LogP contribution in [0.2, 0.25) is 5.02 Å². The number of aromatic nitrogens is 2. The van der Waals surface area contributed by atoms with Crippen LogP contribution in [0.25, 0.3) is 0 Å². The Kier molecular flexibility index (Phi) is 8.64. The zero-order valence-corrected chi connectivity index (χ0v) is 24.3. The third kappa shape index (κ3) is 6.17. The van der Waals surface area contributed by atoms with Gasteiger partial charge in [0.1, 0.15) is 17.5 Å². The maximum atomic E-state index is 14.1. The quantitative estimate of drug-likeness (QED) is 0.409. The molecule has 0 spiro atoms. The van der Waals surface area contributed by atoms with E-state index in [4.69, 9.17) is 16.7 Å². The van der Waals surface area contributed by atoms with Crippen molar-refractivity contribution in [2.24, 2.45) is 0 Å². The van der Waals surface area contributed by atoms with Gasteiger partial charge < -0.3 is 19.9 Å². The van der Waals surface area contributed by atoms with Gasteiger partial charge in [0.25, 0.3) is 11.8 Å². The lowest BCUT2D eigenvalue weighted by atomic mass is 9.96. The van der Waals surface area contributed by atoms with Gasteiger partial charge in [-0.2, -0.15) is 19.1 Å². The molecule has 1 aromatic heterocycles. The van der Waals surface area contributed by atoms with Gasteiger partial charge >= 0.3 is 6.61 Å². The molecule has 5 rings (SSSR count). The van der Waals surface area contributed by atoms with E-state index in [-0.39, 0.29) is 65.7 Å². The predicted octanol–water partition coefficient (Wildman–Crippen LogP) is 4.15. The molecule has 43 heavy (non-hydrogen) atoms. The molecule has 2 aromatic carbocycles. The Morgan fingerprint density at radius 3 is 2.65 bits per heavy atom. The largest absolute Gasteiger partial charge is 0.435 e. The minimum absolute atomic E-state index is 0.00786. The summed E-state index contributed by atoms with van der Waals surface area (Å²) < 4.78 is 31.3. The lowest BCUT2D eigenvalue weighted by Crippen LogP contribution is -2.49. The molecule has 13 heteroatoms. The zero-order valence-electron chi connectivity index (χ0n) is 23.5. The molecular formula is C30H29ClF2N6O4. The molecule has 0 saturated carbocycles. The van der Waals surface area contributed by atoms with Gasteiger partial charge in [-0.3, -0.25) is 19.1 Å². The number of ether oxygens (including phenoxy) is 1. The highest BCUT2D eigenvalue weighted by atomic mass is 35.5. The molecular weight excluding hydrogens is 582 g/mol. The maximum Gasteiger partial charge on any atom is 0.387 e. The van der Waals surface area contributed by atoms with Crippen LogP contribution in [-0.2, 0) is 30.8 Å². The van der Waals surface area contributed by atoms with E-state index in [0.717, 1.165) is 5.69 Å². The van der Waals surface area contributed by atoms with Crippen molar-refractivity contribution >= 4 is 29.3 Å². The number of fused-ring (bicyclic) bond motifs is 3. The summed E-state index contributed by atoms with van der Waals surface area (Å²) in [7, 11) is 1.55. The minimum atomic E-state index is -2.95. The first kappa shape index (κ1) is 30.0. The summed E-state index contributed by atoms with van der Waals surface area (Å²) >= 11 is 6.06. The SMILES string of the molecule is CNC(=O)CC[C@H]1Cn2nc3c(c2C(=O)N1Cc1ccc(OC(F)F)cc1)CN(C(=O)c1ccc(Cl)c(C#N)c1)[C@H](C)C3. The standard InChI is InChI=1S/C30H29ClF2N6O4/c1-17-11-25-23(16-37(17)28(41)19-5-9-24(31)20(12-19)13-34)27-29(42)38(14-18-3-7-22(8-4-18)43-30(32)33)21(15-39(27)36-25)6-10-26(40)35-2/h3-5,7-9,12,17,21,30H,6,10-11,14-16H2,1-2H3,(H,35,40)/t17-,21+/m1/s1. The number of nitriles is 1. The van der Waals surface area contributed by atoms with Gasteiger partial charge in [0, 0.05) is 43.6 Å². The second-order valence-corrected chi connectivity index (χ2v) is 11.0. The second kappa shape index (κ2) is 12.4. The van der Waals surface area contributed by atoms with Crippen molar-refractivity contribution in [2.45, 2.75) is 64.5 Å². The summed E-state index contributed by atoms with van der Waals surface area (Å²) in [6.45, 7) is -0.369. The van der Waals surface area contributed by atoms with E-state index in [0.29, 0.717) is 41.8 Å². The van der Waals surface area contributed by atoms with E-state index < -0.39 is 6.61 Å². The summed E-state index contributed by atoms with van der Waals surface area (Å²) in [5.41, 5.74) is 2.98. The first-order chi connectivity index (χ1) is 20.6. The number of alkyl halides is 2. The molecule has 10 nitrogen and oxygen atoms in total. The summed E-state index contributed by atoms with van der Waals surface area (Å²) in [5.74, 6) is -0.736. The van der Waals surface area contributed by atoms with Gasteiger partial charge in [-0.25, -0.2) is 0 Å². The average Bonchev–Trinajstić information content (AvgIpc) is 3.34. The smallest absolute Gasteiger partial charge is 0.387 e. The number of benzene rings is 2. The molecule has 0 bridgehead atoms. The van der Waals surface area contributed by atoms with Gasteiger partial charge in [-0.05, 0) is 49.2 Å². The van der Waals surface area contributed by atoms with Crippen LogP contribution in [0, 0.1) is 11.3 Å². The van der Waals surface area contributed by atoms with E-state index in [2.05, 4.69) is 10.1 Å². The fourth-order valence-electron chi connectivity index (χ4n) is 5.59. The Labute approximate surface area is 251 Å². The second-order valence-electron chi connectivity index (χ2n) is 10.6. The van der Waals surface area contributed by atoms with Crippen LogP contribution >= 0.6 is 11.6 Å². The topological polar surface area (TPSA) is 121 Å². The number of hydrogen-bond donors (Lipinski definition) is 1. The van der Waals surface area contributed by atoms with E-state index >= 15 is 0 Å². The van der Waals surface area contributed by atoms with Crippen molar-refractivity contribution in [3.63, 3.8) is 0 Å². The number of nitrogens with zero attached hydrogens (tertiary/aromatic N) is 5.